The Morgan fingerprint density at radius 2 is 1.50 bits per heavy atom. The van der Waals surface area contributed by atoms with Crippen LogP contribution in [0.15, 0.2) is 29.5 Å². The second-order valence-electron chi connectivity index (χ2n) is 3.57. The lowest BCUT2D eigenvalue weighted by Gasteiger charge is -2.04. The van der Waals surface area contributed by atoms with Crippen LogP contribution in [0.3, 0.4) is 0 Å². The molecule has 0 atom stereocenters. The number of nitrogens with one attached hydrogen (secondary N) is 1. The van der Waals surface area contributed by atoms with Gasteiger partial charge in [-0.1, -0.05) is 6.07 Å². The van der Waals surface area contributed by atoms with E-state index in [1.807, 2.05) is 0 Å². The molecule has 0 radical (unpaired) electrons. The molecule has 0 saturated carbocycles. The van der Waals surface area contributed by atoms with E-state index in [-0.39, 0.29) is 5.82 Å². The standard InChI is InChI=1S/C12H6F5N3/c13-8-6(9(14)11(16)12(17)10(8)15)5-19-20-7-3-1-2-4-18-7/h1-5H,(H,18,20). The van der Waals surface area contributed by atoms with Gasteiger partial charge < -0.3 is 0 Å². The Kier molecular flexibility index (Phi) is 3.92. The van der Waals surface area contributed by atoms with Crippen molar-refractivity contribution in [2.75, 3.05) is 5.43 Å². The molecule has 0 amide bonds. The van der Waals surface area contributed by atoms with Crippen molar-refractivity contribution in [2.45, 2.75) is 0 Å². The van der Waals surface area contributed by atoms with E-state index in [2.05, 4.69) is 15.5 Å². The average molecular weight is 287 g/mol. The van der Waals surface area contributed by atoms with Gasteiger partial charge in [0.25, 0.3) is 0 Å². The van der Waals surface area contributed by atoms with Crippen LogP contribution in [0, 0.1) is 29.1 Å². The molecule has 0 aliphatic rings. The molecule has 3 nitrogen and oxygen atoms in total. The Labute approximate surface area is 109 Å². The largest absolute Gasteiger partial charge is 0.261 e. The molecule has 0 aliphatic carbocycles. The highest BCUT2D eigenvalue weighted by Crippen LogP contribution is 2.21. The highest BCUT2D eigenvalue weighted by Gasteiger charge is 2.24. The minimum absolute atomic E-state index is 0.243. The maximum atomic E-state index is 13.3. The van der Waals surface area contributed by atoms with Crippen molar-refractivity contribution < 1.29 is 22.0 Å². The Balaban J connectivity index is 2.30. The quantitative estimate of drug-likeness (QED) is 0.309. The number of benzene rings is 1. The van der Waals surface area contributed by atoms with Gasteiger partial charge in [-0.3, -0.25) is 5.43 Å². The predicted octanol–water partition coefficient (Wildman–Crippen LogP) is 3.22. The molecule has 1 N–H and O–H groups in total. The van der Waals surface area contributed by atoms with Crippen LogP contribution in [-0.4, -0.2) is 11.2 Å². The summed E-state index contributed by atoms with van der Waals surface area (Å²) in [7, 11) is 0. The lowest BCUT2D eigenvalue weighted by atomic mass is 10.2. The van der Waals surface area contributed by atoms with E-state index in [4.69, 9.17) is 0 Å². The normalized spacial score (nSPS) is 11.1. The molecule has 0 spiro atoms. The molecule has 0 unspecified atom stereocenters. The van der Waals surface area contributed by atoms with Gasteiger partial charge in [0.2, 0.25) is 5.82 Å². The lowest BCUT2D eigenvalue weighted by molar-refractivity contribution is 0.377. The number of hydrazone groups is 1. The fourth-order valence-electron chi connectivity index (χ4n) is 1.33. The van der Waals surface area contributed by atoms with Crippen LogP contribution < -0.4 is 5.43 Å². The van der Waals surface area contributed by atoms with Gasteiger partial charge in [0.1, 0.15) is 5.82 Å². The molecule has 104 valence electrons. The number of halogens is 5. The van der Waals surface area contributed by atoms with Crippen LogP contribution in [0.5, 0.6) is 0 Å². The molecule has 2 rings (SSSR count). The fraction of sp³-hybridized carbons (Fsp3) is 0. The molecule has 1 heterocycles. The molecular weight excluding hydrogens is 281 g/mol. The van der Waals surface area contributed by atoms with E-state index in [1.165, 1.54) is 12.3 Å². The highest BCUT2D eigenvalue weighted by molar-refractivity contribution is 5.81. The highest BCUT2D eigenvalue weighted by atomic mass is 19.2. The number of hydrogen-bond donors (Lipinski definition) is 1. The maximum Gasteiger partial charge on any atom is 0.200 e. The summed E-state index contributed by atoms with van der Waals surface area (Å²) >= 11 is 0. The zero-order valence-electron chi connectivity index (χ0n) is 9.67. The molecule has 0 fully saturated rings. The minimum atomic E-state index is -2.21. The summed E-state index contributed by atoms with van der Waals surface area (Å²) in [5.41, 5.74) is 1.15. The Morgan fingerprint density at radius 1 is 0.900 bits per heavy atom. The van der Waals surface area contributed by atoms with Crippen LogP contribution in [0.4, 0.5) is 27.8 Å². The van der Waals surface area contributed by atoms with Crippen molar-refractivity contribution in [2.24, 2.45) is 5.10 Å². The molecular formula is C12H6F5N3. The predicted molar refractivity (Wildman–Crippen MR) is 61.7 cm³/mol. The van der Waals surface area contributed by atoms with E-state index in [0.29, 0.717) is 6.21 Å². The lowest BCUT2D eigenvalue weighted by Crippen LogP contribution is -2.07. The first-order valence-electron chi connectivity index (χ1n) is 5.24. The van der Waals surface area contributed by atoms with Crippen LogP contribution in [0.2, 0.25) is 0 Å². The van der Waals surface area contributed by atoms with Gasteiger partial charge in [0.05, 0.1) is 11.8 Å². The van der Waals surface area contributed by atoms with Gasteiger partial charge in [0, 0.05) is 6.20 Å². The smallest absolute Gasteiger partial charge is 0.200 e. The average Bonchev–Trinajstić information content (AvgIpc) is 2.48. The topological polar surface area (TPSA) is 37.3 Å². The third-order valence-corrected chi connectivity index (χ3v) is 2.28. The third-order valence-electron chi connectivity index (χ3n) is 2.28. The van der Waals surface area contributed by atoms with Gasteiger partial charge in [0.15, 0.2) is 23.3 Å². The van der Waals surface area contributed by atoms with Crippen LogP contribution >= 0.6 is 0 Å². The molecule has 0 aliphatic heterocycles. The van der Waals surface area contributed by atoms with Gasteiger partial charge in [-0.2, -0.15) is 5.10 Å². The number of anilines is 1. The minimum Gasteiger partial charge on any atom is -0.261 e. The van der Waals surface area contributed by atoms with Gasteiger partial charge in [-0.25, -0.2) is 26.9 Å². The number of hydrogen-bond acceptors (Lipinski definition) is 3. The summed E-state index contributed by atoms with van der Waals surface area (Å²) in [6.45, 7) is 0. The van der Waals surface area contributed by atoms with Crippen molar-refractivity contribution in [3.63, 3.8) is 0 Å². The molecule has 1 aromatic heterocycles. The Hall–Kier alpha value is -2.51. The van der Waals surface area contributed by atoms with Crippen molar-refractivity contribution >= 4 is 12.0 Å². The van der Waals surface area contributed by atoms with E-state index in [1.54, 1.807) is 12.1 Å². The first-order chi connectivity index (χ1) is 9.52. The van der Waals surface area contributed by atoms with Gasteiger partial charge in [-0.15, -0.1) is 0 Å². The van der Waals surface area contributed by atoms with Crippen molar-refractivity contribution in [3.8, 4) is 0 Å². The molecule has 2 aromatic rings. The van der Waals surface area contributed by atoms with E-state index >= 15 is 0 Å². The maximum absolute atomic E-state index is 13.3. The van der Waals surface area contributed by atoms with Gasteiger partial charge >= 0.3 is 0 Å². The summed E-state index contributed by atoms with van der Waals surface area (Å²) in [5, 5.41) is 3.37. The van der Waals surface area contributed by atoms with Crippen molar-refractivity contribution in [3.05, 3.63) is 59.0 Å². The SMILES string of the molecule is Fc1c(F)c(F)c(C=NNc2ccccn2)c(F)c1F. The summed E-state index contributed by atoms with van der Waals surface area (Å²) < 4.78 is 65.1. The third kappa shape index (κ3) is 2.58. The first-order valence-corrected chi connectivity index (χ1v) is 5.24. The molecule has 8 heteroatoms. The summed E-state index contributed by atoms with van der Waals surface area (Å²) in [4.78, 5) is 3.78. The molecule has 20 heavy (non-hydrogen) atoms. The monoisotopic (exact) mass is 287 g/mol. The fourth-order valence-corrected chi connectivity index (χ4v) is 1.33. The van der Waals surface area contributed by atoms with E-state index < -0.39 is 34.6 Å². The van der Waals surface area contributed by atoms with Crippen LogP contribution in [0.25, 0.3) is 0 Å². The van der Waals surface area contributed by atoms with Crippen molar-refractivity contribution in [1.29, 1.82) is 0 Å². The summed E-state index contributed by atoms with van der Waals surface area (Å²) in [6.07, 6.45) is 1.92. The second kappa shape index (κ2) is 5.64. The molecule has 0 bridgehead atoms. The Bertz CT molecular complexity index is 629. The zero-order valence-corrected chi connectivity index (χ0v) is 9.67. The summed E-state index contributed by atoms with van der Waals surface area (Å²) in [5.74, 6) is -9.92. The van der Waals surface area contributed by atoms with Crippen molar-refractivity contribution in [1.82, 2.24) is 4.98 Å². The van der Waals surface area contributed by atoms with Crippen LogP contribution in [0.1, 0.15) is 5.56 Å². The van der Waals surface area contributed by atoms with Gasteiger partial charge in [-0.05, 0) is 12.1 Å². The van der Waals surface area contributed by atoms with Crippen LogP contribution in [-0.2, 0) is 0 Å². The van der Waals surface area contributed by atoms with E-state index in [9.17, 15) is 22.0 Å². The van der Waals surface area contributed by atoms with E-state index in [0.717, 1.165) is 0 Å². The number of aromatic nitrogens is 1. The summed E-state index contributed by atoms with van der Waals surface area (Å²) in [6, 6.07) is 4.73. The number of nitrogens with zero attached hydrogens (tertiary/aromatic N) is 2. The number of pyridine rings is 1. The second-order valence-corrected chi connectivity index (χ2v) is 3.57. The zero-order chi connectivity index (χ0) is 14.7. The molecule has 1 aromatic carbocycles. The molecule has 0 saturated heterocycles. The first kappa shape index (κ1) is 13.9. The number of rotatable bonds is 3. The Morgan fingerprint density at radius 3 is 2.05 bits per heavy atom.